The number of nitrogens with zero attached hydrogens (tertiary/aromatic N) is 4. The van der Waals surface area contributed by atoms with Gasteiger partial charge in [0.1, 0.15) is 5.69 Å². The van der Waals surface area contributed by atoms with E-state index >= 15 is 0 Å². The number of aryl methyl sites for hydroxylation is 2. The normalized spacial score (nSPS) is 11.0. The highest BCUT2D eigenvalue weighted by Crippen LogP contribution is 2.30. The van der Waals surface area contributed by atoms with Gasteiger partial charge in [-0.15, -0.1) is 21.5 Å². The van der Waals surface area contributed by atoms with Crippen molar-refractivity contribution in [3.63, 3.8) is 0 Å². The summed E-state index contributed by atoms with van der Waals surface area (Å²) < 4.78 is 2.04. The first-order chi connectivity index (χ1) is 10.1. The monoisotopic (exact) mass is 319 g/mol. The van der Waals surface area contributed by atoms with Crippen LogP contribution in [0.4, 0.5) is 0 Å². The van der Waals surface area contributed by atoms with Crippen molar-refractivity contribution in [2.45, 2.75) is 20.3 Å². The molecule has 0 aliphatic carbocycles. The molecule has 3 rings (SSSR count). The molecule has 0 spiro atoms. The summed E-state index contributed by atoms with van der Waals surface area (Å²) in [6, 6.07) is 4.08. The lowest BCUT2D eigenvalue weighted by Gasteiger charge is -2.02. The van der Waals surface area contributed by atoms with Gasteiger partial charge in [-0.2, -0.15) is 0 Å². The van der Waals surface area contributed by atoms with Crippen LogP contribution in [-0.4, -0.2) is 25.7 Å². The van der Waals surface area contributed by atoms with E-state index in [1.54, 1.807) is 5.51 Å². The lowest BCUT2D eigenvalue weighted by atomic mass is 10.3. The van der Waals surface area contributed by atoms with Crippen LogP contribution in [-0.2, 0) is 11.2 Å². The van der Waals surface area contributed by atoms with Crippen molar-refractivity contribution in [2.75, 3.05) is 0 Å². The summed E-state index contributed by atoms with van der Waals surface area (Å²) in [6.45, 7) is 4.05. The molecule has 0 aromatic carbocycles. The zero-order valence-corrected chi connectivity index (χ0v) is 13.2. The first-order valence-corrected chi connectivity index (χ1v) is 7.95. The van der Waals surface area contributed by atoms with Gasteiger partial charge in [-0.3, -0.25) is 9.36 Å². The van der Waals surface area contributed by atoms with Crippen LogP contribution in [0.5, 0.6) is 0 Å². The number of primary amides is 1. The Kier molecular flexibility index (Phi) is 3.56. The highest BCUT2D eigenvalue weighted by atomic mass is 32.1. The lowest BCUT2D eigenvalue weighted by Crippen LogP contribution is -2.13. The Morgan fingerprint density at radius 2 is 2.00 bits per heavy atom. The molecule has 0 fully saturated rings. The topological polar surface area (TPSA) is 86.7 Å². The fourth-order valence-corrected chi connectivity index (χ4v) is 3.92. The Morgan fingerprint density at radius 1 is 1.29 bits per heavy atom. The molecule has 0 aliphatic heterocycles. The second kappa shape index (κ2) is 5.38. The quantitative estimate of drug-likeness (QED) is 0.798. The van der Waals surface area contributed by atoms with Crippen LogP contribution in [0.15, 0.2) is 17.6 Å². The highest BCUT2D eigenvalue weighted by molar-refractivity contribution is 7.17. The van der Waals surface area contributed by atoms with E-state index in [-0.39, 0.29) is 12.3 Å². The van der Waals surface area contributed by atoms with Crippen molar-refractivity contribution in [1.29, 1.82) is 0 Å². The number of carbonyl (C=O) groups excluding carboxylic acids is 1. The van der Waals surface area contributed by atoms with Gasteiger partial charge >= 0.3 is 0 Å². The first kappa shape index (κ1) is 13.9. The van der Waals surface area contributed by atoms with Gasteiger partial charge in [-0.1, -0.05) is 11.3 Å². The Bertz CT molecular complexity index is 782. The minimum absolute atomic E-state index is 0.177. The van der Waals surface area contributed by atoms with Crippen LogP contribution in [0.2, 0.25) is 0 Å². The van der Waals surface area contributed by atoms with E-state index in [4.69, 9.17) is 5.73 Å². The van der Waals surface area contributed by atoms with E-state index in [2.05, 4.69) is 15.2 Å². The summed E-state index contributed by atoms with van der Waals surface area (Å²) in [5.41, 5.74) is 9.86. The van der Waals surface area contributed by atoms with E-state index in [0.717, 1.165) is 21.4 Å². The van der Waals surface area contributed by atoms with Crippen LogP contribution >= 0.6 is 22.7 Å². The average Bonchev–Trinajstić information content (AvgIpc) is 3.10. The zero-order chi connectivity index (χ0) is 15.0. The van der Waals surface area contributed by atoms with Crippen LogP contribution in [0.25, 0.3) is 15.8 Å². The van der Waals surface area contributed by atoms with Gasteiger partial charge in [-0.05, 0) is 26.0 Å². The standard InChI is InChI=1S/C13H13N5OS2/c1-7-3-4-8(2)18(7)13-17-16-12(21-13)11-9(5-10(14)19)20-6-15-11/h3-4,6H,5H2,1-2H3,(H2,14,19). The van der Waals surface area contributed by atoms with Gasteiger partial charge in [0.05, 0.1) is 11.9 Å². The number of rotatable bonds is 4. The zero-order valence-electron chi connectivity index (χ0n) is 11.5. The molecule has 0 radical (unpaired) electrons. The van der Waals surface area contributed by atoms with Crippen molar-refractivity contribution in [1.82, 2.24) is 19.7 Å². The van der Waals surface area contributed by atoms with Crippen LogP contribution < -0.4 is 5.73 Å². The molecule has 3 heterocycles. The van der Waals surface area contributed by atoms with Crippen LogP contribution in [0.1, 0.15) is 16.3 Å². The number of amides is 1. The number of aromatic nitrogens is 4. The fraction of sp³-hybridized carbons (Fsp3) is 0.231. The third-order valence-corrected chi connectivity index (χ3v) is 4.80. The smallest absolute Gasteiger partial charge is 0.222 e. The Hall–Kier alpha value is -2.06. The maximum Gasteiger partial charge on any atom is 0.222 e. The Morgan fingerprint density at radius 3 is 2.67 bits per heavy atom. The third kappa shape index (κ3) is 2.59. The molecule has 0 saturated carbocycles. The summed E-state index contributed by atoms with van der Waals surface area (Å²) in [5.74, 6) is -0.373. The molecule has 0 saturated heterocycles. The molecule has 21 heavy (non-hydrogen) atoms. The van der Waals surface area contributed by atoms with Crippen LogP contribution in [0, 0.1) is 13.8 Å². The number of hydrogen-bond acceptors (Lipinski definition) is 6. The predicted octanol–water partition coefficient (Wildman–Crippen LogP) is 2.10. The van der Waals surface area contributed by atoms with Gasteiger partial charge in [0, 0.05) is 16.3 Å². The van der Waals surface area contributed by atoms with Gasteiger partial charge in [-0.25, -0.2) is 4.98 Å². The van der Waals surface area contributed by atoms with E-state index in [1.165, 1.54) is 22.7 Å². The number of hydrogen-bond donors (Lipinski definition) is 1. The van der Waals surface area contributed by atoms with E-state index in [9.17, 15) is 4.79 Å². The molecular weight excluding hydrogens is 306 g/mol. The van der Waals surface area contributed by atoms with Crippen LogP contribution in [0.3, 0.4) is 0 Å². The summed E-state index contributed by atoms with van der Waals surface area (Å²) in [5, 5.41) is 9.94. The molecule has 0 aliphatic rings. The van der Waals surface area contributed by atoms with Crippen molar-refractivity contribution in [3.05, 3.63) is 33.9 Å². The van der Waals surface area contributed by atoms with Crippen molar-refractivity contribution >= 4 is 28.6 Å². The molecule has 0 bridgehead atoms. The average molecular weight is 319 g/mol. The predicted molar refractivity (Wildman–Crippen MR) is 82.7 cm³/mol. The maximum absolute atomic E-state index is 11.1. The van der Waals surface area contributed by atoms with Gasteiger partial charge in [0.2, 0.25) is 11.0 Å². The first-order valence-electron chi connectivity index (χ1n) is 6.26. The van der Waals surface area contributed by atoms with Crippen molar-refractivity contribution < 1.29 is 4.79 Å². The molecule has 3 aromatic heterocycles. The van der Waals surface area contributed by atoms with Crippen molar-refractivity contribution in [3.8, 4) is 15.8 Å². The Balaban J connectivity index is 2.00. The molecule has 108 valence electrons. The third-order valence-electron chi connectivity index (χ3n) is 3.06. The molecule has 0 atom stereocenters. The molecule has 8 heteroatoms. The summed E-state index contributed by atoms with van der Waals surface area (Å²) in [6.07, 6.45) is 0.177. The second-order valence-corrected chi connectivity index (χ2v) is 6.50. The molecule has 0 unspecified atom stereocenters. The van der Waals surface area contributed by atoms with E-state index < -0.39 is 0 Å². The summed E-state index contributed by atoms with van der Waals surface area (Å²) >= 11 is 2.86. The highest BCUT2D eigenvalue weighted by Gasteiger charge is 2.17. The second-order valence-electron chi connectivity index (χ2n) is 4.61. The number of nitrogens with two attached hydrogens (primary N) is 1. The molecule has 6 nitrogen and oxygen atoms in total. The number of carbonyl (C=O) groups is 1. The van der Waals surface area contributed by atoms with E-state index in [0.29, 0.717) is 10.7 Å². The number of thiazole rings is 1. The van der Waals surface area contributed by atoms with Gasteiger partial charge < -0.3 is 5.73 Å². The molecule has 1 amide bonds. The van der Waals surface area contributed by atoms with Gasteiger partial charge in [0.25, 0.3) is 0 Å². The molecule has 2 N–H and O–H groups in total. The van der Waals surface area contributed by atoms with E-state index in [1.807, 2.05) is 30.5 Å². The van der Waals surface area contributed by atoms with Gasteiger partial charge in [0.15, 0.2) is 5.01 Å². The lowest BCUT2D eigenvalue weighted by molar-refractivity contribution is -0.117. The summed E-state index contributed by atoms with van der Waals surface area (Å²) in [4.78, 5) is 16.2. The maximum atomic E-state index is 11.1. The molecule has 3 aromatic rings. The largest absolute Gasteiger partial charge is 0.369 e. The SMILES string of the molecule is Cc1ccc(C)n1-c1nnc(-c2ncsc2CC(N)=O)s1. The van der Waals surface area contributed by atoms with Crippen molar-refractivity contribution in [2.24, 2.45) is 5.73 Å². The minimum Gasteiger partial charge on any atom is -0.369 e. The Labute approximate surface area is 129 Å². The molecular formula is C13H13N5OS2. The fourth-order valence-electron chi connectivity index (χ4n) is 2.10. The summed E-state index contributed by atoms with van der Waals surface area (Å²) in [7, 11) is 0. The minimum atomic E-state index is -0.373.